The molecule has 0 aromatic carbocycles. The van der Waals surface area contributed by atoms with E-state index >= 15 is 0 Å². The van der Waals surface area contributed by atoms with Crippen LogP contribution in [0.25, 0.3) is 0 Å². The van der Waals surface area contributed by atoms with Gasteiger partial charge in [-0.15, -0.1) is 0 Å². The van der Waals surface area contributed by atoms with Crippen molar-refractivity contribution in [2.75, 3.05) is 35.3 Å². The molecule has 1 fully saturated rings. The second-order valence-electron chi connectivity index (χ2n) is 4.91. The highest BCUT2D eigenvalue weighted by molar-refractivity contribution is 7.85. The molecule has 0 unspecified atom stereocenters. The zero-order valence-corrected chi connectivity index (χ0v) is 13.4. The SMILES string of the molecule is CCCOc1nc(NCC)nc(NC2CCS(=O)CC2)n1. The summed E-state index contributed by atoms with van der Waals surface area (Å²) < 4.78 is 16.9. The van der Waals surface area contributed by atoms with Gasteiger partial charge in [0.25, 0.3) is 0 Å². The maximum Gasteiger partial charge on any atom is 0.323 e. The van der Waals surface area contributed by atoms with Crippen LogP contribution in [-0.2, 0) is 10.8 Å². The Labute approximate surface area is 127 Å². The van der Waals surface area contributed by atoms with Crippen LogP contribution in [0.4, 0.5) is 11.9 Å². The molecule has 1 aromatic heterocycles. The quantitative estimate of drug-likeness (QED) is 0.786. The summed E-state index contributed by atoms with van der Waals surface area (Å²) in [5, 5.41) is 6.38. The summed E-state index contributed by atoms with van der Waals surface area (Å²) >= 11 is 0. The molecule has 1 aliphatic rings. The Morgan fingerprint density at radius 2 is 1.90 bits per heavy atom. The number of ether oxygens (including phenoxy) is 1. The number of hydrogen-bond acceptors (Lipinski definition) is 7. The minimum atomic E-state index is -0.665. The second kappa shape index (κ2) is 8.11. The van der Waals surface area contributed by atoms with Gasteiger partial charge in [-0.05, 0) is 26.2 Å². The predicted octanol–water partition coefficient (Wildman–Crippen LogP) is 1.42. The van der Waals surface area contributed by atoms with Gasteiger partial charge in [-0.3, -0.25) is 4.21 Å². The summed E-state index contributed by atoms with van der Waals surface area (Å²) in [6.45, 7) is 5.34. The van der Waals surface area contributed by atoms with Crippen molar-refractivity contribution in [1.82, 2.24) is 15.0 Å². The molecule has 7 nitrogen and oxygen atoms in total. The molecule has 2 rings (SSSR count). The molecule has 0 amide bonds. The van der Waals surface area contributed by atoms with Crippen LogP contribution in [0, 0.1) is 0 Å². The maximum absolute atomic E-state index is 11.4. The number of nitrogens with one attached hydrogen (secondary N) is 2. The van der Waals surface area contributed by atoms with E-state index in [-0.39, 0.29) is 6.04 Å². The average Bonchev–Trinajstić information content (AvgIpc) is 2.48. The van der Waals surface area contributed by atoms with Crippen molar-refractivity contribution in [2.45, 2.75) is 39.2 Å². The van der Waals surface area contributed by atoms with Crippen LogP contribution in [0.5, 0.6) is 6.01 Å². The first kappa shape index (κ1) is 15.9. The zero-order valence-electron chi connectivity index (χ0n) is 12.6. The van der Waals surface area contributed by atoms with Crippen LogP contribution in [-0.4, -0.2) is 49.9 Å². The second-order valence-corrected chi connectivity index (χ2v) is 6.61. The predicted molar refractivity (Wildman–Crippen MR) is 84.3 cm³/mol. The van der Waals surface area contributed by atoms with E-state index in [1.54, 1.807) is 0 Å². The van der Waals surface area contributed by atoms with Crippen molar-refractivity contribution in [3.8, 4) is 6.01 Å². The maximum atomic E-state index is 11.4. The van der Waals surface area contributed by atoms with E-state index in [1.807, 2.05) is 13.8 Å². The lowest BCUT2D eigenvalue weighted by Crippen LogP contribution is -2.30. The third kappa shape index (κ3) is 5.11. The molecule has 0 bridgehead atoms. The van der Waals surface area contributed by atoms with Crippen LogP contribution < -0.4 is 15.4 Å². The van der Waals surface area contributed by atoms with Gasteiger partial charge in [0.05, 0.1) is 6.61 Å². The highest BCUT2D eigenvalue weighted by atomic mass is 32.2. The molecule has 2 N–H and O–H groups in total. The zero-order chi connectivity index (χ0) is 15.1. The molecule has 118 valence electrons. The largest absolute Gasteiger partial charge is 0.463 e. The minimum absolute atomic E-state index is 0.263. The summed E-state index contributed by atoms with van der Waals surface area (Å²) in [4.78, 5) is 12.9. The van der Waals surface area contributed by atoms with Crippen molar-refractivity contribution >= 4 is 22.7 Å². The fourth-order valence-corrected chi connectivity index (χ4v) is 3.34. The van der Waals surface area contributed by atoms with E-state index < -0.39 is 10.8 Å². The van der Waals surface area contributed by atoms with Gasteiger partial charge in [0.1, 0.15) is 0 Å². The van der Waals surface area contributed by atoms with Crippen LogP contribution >= 0.6 is 0 Å². The van der Waals surface area contributed by atoms with Crippen LogP contribution in [0.1, 0.15) is 33.1 Å². The van der Waals surface area contributed by atoms with Crippen LogP contribution in [0.15, 0.2) is 0 Å². The van der Waals surface area contributed by atoms with Gasteiger partial charge in [-0.1, -0.05) is 6.92 Å². The molecule has 0 saturated carbocycles. The topological polar surface area (TPSA) is 89.0 Å². The summed E-state index contributed by atoms with van der Waals surface area (Å²) in [5.41, 5.74) is 0. The van der Waals surface area contributed by atoms with E-state index in [1.165, 1.54) is 0 Å². The molecular weight excluding hydrogens is 290 g/mol. The van der Waals surface area contributed by atoms with E-state index in [2.05, 4.69) is 25.6 Å². The number of anilines is 2. The standard InChI is InChI=1S/C13H23N5O2S/c1-3-7-20-13-17-11(14-4-2)16-12(18-13)15-10-5-8-21(19)9-6-10/h10H,3-9H2,1-2H3,(H2,14,15,16,17,18). The summed E-state index contributed by atoms with van der Waals surface area (Å²) in [6.07, 6.45) is 2.65. The van der Waals surface area contributed by atoms with Gasteiger partial charge < -0.3 is 15.4 Å². The molecule has 0 spiro atoms. The molecule has 1 aromatic rings. The van der Waals surface area contributed by atoms with Crippen molar-refractivity contribution in [1.29, 1.82) is 0 Å². The lowest BCUT2D eigenvalue weighted by molar-refractivity contribution is 0.292. The smallest absolute Gasteiger partial charge is 0.323 e. The van der Waals surface area contributed by atoms with E-state index in [0.29, 0.717) is 24.5 Å². The lowest BCUT2D eigenvalue weighted by Gasteiger charge is -2.22. The number of aromatic nitrogens is 3. The molecule has 1 saturated heterocycles. The highest BCUT2D eigenvalue weighted by Gasteiger charge is 2.19. The molecule has 0 atom stereocenters. The first-order chi connectivity index (χ1) is 10.2. The molecule has 0 aliphatic carbocycles. The van der Waals surface area contributed by atoms with Crippen LogP contribution in [0.2, 0.25) is 0 Å². The molecule has 21 heavy (non-hydrogen) atoms. The Morgan fingerprint density at radius 1 is 1.19 bits per heavy atom. The molecule has 8 heteroatoms. The number of rotatable bonds is 7. The van der Waals surface area contributed by atoms with Gasteiger partial charge in [-0.25, -0.2) is 0 Å². The van der Waals surface area contributed by atoms with Crippen molar-refractivity contribution in [3.63, 3.8) is 0 Å². The van der Waals surface area contributed by atoms with E-state index in [9.17, 15) is 4.21 Å². The van der Waals surface area contributed by atoms with Gasteiger partial charge in [0.15, 0.2) is 0 Å². The Kier molecular flexibility index (Phi) is 6.16. The fraction of sp³-hybridized carbons (Fsp3) is 0.769. The van der Waals surface area contributed by atoms with Crippen molar-refractivity contribution in [3.05, 3.63) is 0 Å². The highest BCUT2D eigenvalue weighted by Crippen LogP contribution is 2.16. The first-order valence-corrected chi connectivity index (χ1v) is 8.94. The fourth-order valence-electron chi connectivity index (χ4n) is 2.04. The third-order valence-corrected chi connectivity index (χ3v) is 4.49. The Hall–Kier alpha value is -1.44. The minimum Gasteiger partial charge on any atom is -0.463 e. The average molecular weight is 313 g/mol. The van der Waals surface area contributed by atoms with Crippen molar-refractivity contribution in [2.24, 2.45) is 0 Å². The van der Waals surface area contributed by atoms with Gasteiger partial charge in [0, 0.05) is 34.9 Å². The van der Waals surface area contributed by atoms with E-state index in [4.69, 9.17) is 4.74 Å². The van der Waals surface area contributed by atoms with Gasteiger partial charge in [0.2, 0.25) is 11.9 Å². The monoisotopic (exact) mass is 313 g/mol. The number of nitrogens with zero attached hydrogens (tertiary/aromatic N) is 3. The molecule has 2 heterocycles. The summed E-state index contributed by atoms with van der Waals surface area (Å²) in [5.74, 6) is 2.51. The molecule has 1 aliphatic heterocycles. The Morgan fingerprint density at radius 3 is 2.57 bits per heavy atom. The third-order valence-electron chi connectivity index (χ3n) is 3.11. The van der Waals surface area contributed by atoms with Gasteiger partial charge >= 0.3 is 6.01 Å². The van der Waals surface area contributed by atoms with Crippen LogP contribution in [0.3, 0.4) is 0 Å². The summed E-state index contributed by atoms with van der Waals surface area (Å²) in [7, 11) is -0.665. The van der Waals surface area contributed by atoms with Gasteiger partial charge in [-0.2, -0.15) is 15.0 Å². The summed E-state index contributed by atoms with van der Waals surface area (Å²) in [6, 6.07) is 0.600. The van der Waals surface area contributed by atoms with Crippen molar-refractivity contribution < 1.29 is 8.95 Å². The Balaban J connectivity index is 2.05. The molecular formula is C13H23N5O2S. The molecule has 0 radical (unpaired) electrons. The normalized spacial score (nSPS) is 21.8. The lowest BCUT2D eigenvalue weighted by atomic mass is 10.2. The number of hydrogen-bond donors (Lipinski definition) is 2. The first-order valence-electron chi connectivity index (χ1n) is 7.45. The van der Waals surface area contributed by atoms with E-state index in [0.717, 1.165) is 37.3 Å². The Bertz CT molecular complexity index is 476.